The first-order valence-electron chi connectivity index (χ1n) is 7.97. The average Bonchev–Trinajstić information content (AvgIpc) is 2.43. The van der Waals surface area contributed by atoms with Crippen LogP contribution in [-0.4, -0.2) is 22.2 Å². The molecule has 4 unspecified atom stereocenters. The van der Waals surface area contributed by atoms with Crippen molar-refractivity contribution >= 4 is 11.9 Å². The predicted octanol–water partition coefficient (Wildman–Crippen LogP) is -0.762. The molecule has 7 rings (SSSR count). The van der Waals surface area contributed by atoms with Crippen LogP contribution in [0.5, 0.6) is 0 Å². The van der Waals surface area contributed by atoms with Crippen LogP contribution in [0.2, 0.25) is 0 Å². The maximum Gasteiger partial charge on any atom is 1.00 e. The normalized spacial score (nSPS) is 58.1. The summed E-state index contributed by atoms with van der Waals surface area (Å²) in [6.07, 6.45) is 5.55. The maximum absolute atomic E-state index is 12.1. The summed E-state index contributed by atoms with van der Waals surface area (Å²) in [4.78, 5) is 24.2. The van der Waals surface area contributed by atoms with Crippen LogP contribution < -0.4 is 29.6 Å². The van der Waals surface area contributed by atoms with Crippen molar-refractivity contribution < 1.29 is 49.4 Å². The molecule has 4 nitrogen and oxygen atoms in total. The van der Waals surface area contributed by atoms with Crippen molar-refractivity contribution in [2.45, 2.75) is 38.5 Å². The van der Waals surface area contributed by atoms with Crippen molar-refractivity contribution in [2.75, 3.05) is 0 Å². The van der Waals surface area contributed by atoms with E-state index >= 15 is 0 Å². The van der Waals surface area contributed by atoms with Gasteiger partial charge in [0.1, 0.15) is 0 Å². The summed E-state index contributed by atoms with van der Waals surface area (Å²) in [5.74, 6) is 0.259. The van der Waals surface area contributed by atoms with Gasteiger partial charge in [0, 0.05) is 0 Å². The van der Waals surface area contributed by atoms with E-state index in [0.29, 0.717) is 11.8 Å². The van der Waals surface area contributed by atoms with Gasteiger partial charge in [-0.15, -0.1) is 0 Å². The molecule has 0 aromatic heterocycles. The van der Waals surface area contributed by atoms with E-state index in [0.717, 1.165) is 38.5 Å². The Morgan fingerprint density at radius 3 is 1.24 bits per heavy atom. The third-order valence-electron chi connectivity index (χ3n) is 8.02. The standard InChI is InChI=1S/C16H20O4.Na/c17-13(18)15-6-8-3-10-9(15)1-7-2-11(15)12(4-8)16(10,5-7)14(19)20;/h7-12H,1-6H2,(H,17,18)(H,19,20);/q;+1. The first-order valence-corrected chi connectivity index (χ1v) is 7.97. The van der Waals surface area contributed by atoms with Crippen molar-refractivity contribution in [2.24, 2.45) is 46.3 Å². The minimum atomic E-state index is -0.619. The molecular weight excluding hydrogens is 279 g/mol. The van der Waals surface area contributed by atoms with Gasteiger partial charge in [-0.1, -0.05) is 0 Å². The van der Waals surface area contributed by atoms with Gasteiger partial charge in [0.25, 0.3) is 0 Å². The molecule has 8 bridgehead atoms. The van der Waals surface area contributed by atoms with E-state index in [-0.39, 0.29) is 53.2 Å². The third kappa shape index (κ3) is 1.31. The fourth-order valence-corrected chi connectivity index (χ4v) is 7.82. The summed E-state index contributed by atoms with van der Waals surface area (Å²) < 4.78 is 0. The number of carboxylic acid groups (broad SMARTS) is 2. The van der Waals surface area contributed by atoms with Crippen molar-refractivity contribution in [3.8, 4) is 0 Å². The van der Waals surface area contributed by atoms with Gasteiger partial charge in [-0.05, 0) is 74.0 Å². The van der Waals surface area contributed by atoms with Crippen LogP contribution in [0.25, 0.3) is 0 Å². The van der Waals surface area contributed by atoms with E-state index < -0.39 is 22.8 Å². The molecule has 0 saturated heterocycles. The molecular formula is C16H20NaO4+. The number of hydrogen-bond acceptors (Lipinski definition) is 2. The molecule has 0 spiro atoms. The molecule has 0 radical (unpaired) electrons. The van der Waals surface area contributed by atoms with Gasteiger partial charge in [-0.3, -0.25) is 9.59 Å². The van der Waals surface area contributed by atoms with Crippen LogP contribution in [0.1, 0.15) is 38.5 Å². The van der Waals surface area contributed by atoms with E-state index in [9.17, 15) is 19.8 Å². The second-order valence-electron chi connectivity index (χ2n) is 8.20. The zero-order valence-electron chi connectivity index (χ0n) is 12.4. The predicted molar refractivity (Wildman–Crippen MR) is 68.8 cm³/mol. The first kappa shape index (κ1) is 14.5. The van der Waals surface area contributed by atoms with Gasteiger partial charge in [-0.2, -0.15) is 0 Å². The molecule has 0 aromatic rings. The van der Waals surface area contributed by atoms with Gasteiger partial charge < -0.3 is 10.2 Å². The van der Waals surface area contributed by atoms with Crippen LogP contribution >= 0.6 is 0 Å². The summed E-state index contributed by atoms with van der Waals surface area (Å²) in [6, 6.07) is 0. The summed E-state index contributed by atoms with van der Waals surface area (Å²) in [5.41, 5.74) is -1.13. The van der Waals surface area contributed by atoms with Crippen LogP contribution in [-0.2, 0) is 9.59 Å². The molecule has 0 amide bonds. The van der Waals surface area contributed by atoms with Gasteiger partial charge in [0.05, 0.1) is 10.8 Å². The SMILES string of the molecule is O=C(O)C12CC3CC4C1CC1CC2C(C3)C4(C(=O)O)C1.[Na+]. The zero-order valence-corrected chi connectivity index (χ0v) is 14.4. The minimum Gasteiger partial charge on any atom is -0.481 e. The fraction of sp³-hybridized carbons (Fsp3) is 0.875. The molecule has 7 saturated carbocycles. The molecule has 7 aliphatic rings. The van der Waals surface area contributed by atoms with E-state index in [4.69, 9.17) is 0 Å². The van der Waals surface area contributed by atoms with Gasteiger partial charge in [0.2, 0.25) is 0 Å². The number of carbonyl (C=O) groups is 2. The van der Waals surface area contributed by atoms with Crippen LogP contribution in [0.4, 0.5) is 0 Å². The maximum atomic E-state index is 12.1. The molecule has 5 heteroatoms. The Balaban J connectivity index is 0.00000115. The van der Waals surface area contributed by atoms with Crippen LogP contribution in [0, 0.1) is 46.3 Å². The molecule has 7 fully saturated rings. The summed E-state index contributed by atoms with van der Waals surface area (Å²) >= 11 is 0. The van der Waals surface area contributed by atoms with Gasteiger partial charge >= 0.3 is 41.5 Å². The Morgan fingerprint density at radius 2 is 1.00 bits per heavy atom. The Hall–Kier alpha value is -0.0600. The number of hydrogen-bond donors (Lipinski definition) is 2. The van der Waals surface area contributed by atoms with E-state index in [1.54, 1.807) is 0 Å². The number of aliphatic carboxylic acids is 2. The molecule has 108 valence electrons. The smallest absolute Gasteiger partial charge is 0.481 e. The number of carboxylic acids is 2. The van der Waals surface area contributed by atoms with Gasteiger partial charge in [-0.25, -0.2) is 0 Å². The van der Waals surface area contributed by atoms with Crippen molar-refractivity contribution in [3.63, 3.8) is 0 Å². The first-order chi connectivity index (χ1) is 9.50. The molecule has 0 heterocycles. The quantitative estimate of drug-likeness (QED) is 0.657. The van der Waals surface area contributed by atoms with Crippen LogP contribution in [0.15, 0.2) is 0 Å². The van der Waals surface area contributed by atoms with Crippen molar-refractivity contribution in [1.82, 2.24) is 0 Å². The second kappa shape index (κ2) is 4.07. The summed E-state index contributed by atoms with van der Waals surface area (Å²) in [6.45, 7) is 0. The van der Waals surface area contributed by atoms with E-state index in [1.165, 1.54) is 0 Å². The molecule has 4 atom stereocenters. The van der Waals surface area contributed by atoms with Crippen LogP contribution in [0.3, 0.4) is 0 Å². The summed E-state index contributed by atoms with van der Waals surface area (Å²) in [5, 5.41) is 19.9. The molecule has 0 aliphatic heterocycles. The van der Waals surface area contributed by atoms with E-state index in [1.807, 2.05) is 0 Å². The third-order valence-corrected chi connectivity index (χ3v) is 8.02. The fourth-order valence-electron chi connectivity index (χ4n) is 7.82. The Labute approximate surface area is 146 Å². The molecule has 2 N–H and O–H groups in total. The Morgan fingerprint density at radius 1 is 0.714 bits per heavy atom. The van der Waals surface area contributed by atoms with Crippen molar-refractivity contribution in [1.29, 1.82) is 0 Å². The minimum absolute atomic E-state index is 0. The van der Waals surface area contributed by atoms with Gasteiger partial charge in [0.15, 0.2) is 0 Å². The monoisotopic (exact) mass is 299 g/mol. The molecule has 0 aromatic carbocycles. The molecule has 21 heavy (non-hydrogen) atoms. The largest absolute Gasteiger partial charge is 1.00 e. The van der Waals surface area contributed by atoms with E-state index in [2.05, 4.69) is 0 Å². The second-order valence-corrected chi connectivity index (χ2v) is 8.20. The topological polar surface area (TPSA) is 74.6 Å². The average molecular weight is 299 g/mol. The summed E-state index contributed by atoms with van der Waals surface area (Å²) in [7, 11) is 0. The zero-order chi connectivity index (χ0) is 13.9. The molecule has 7 aliphatic carbocycles. The Kier molecular flexibility index (Phi) is 2.81. The number of rotatable bonds is 2. The Bertz CT molecular complexity index is 472. The van der Waals surface area contributed by atoms with Crippen molar-refractivity contribution in [3.05, 3.63) is 0 Å².